The summed E-state index contributed by atoms with van der Waals surface area (Å²) in [4.78, 5) is 0. The zero-order chi connectivity index (χ0) is 10.8. The lowest BCUT2D eigenvalue weighted by Crippen LogP contribution is -2.36. The molecule has 0 saturated carbocycles. The van der Waals surface area contributed by atoms with Crippen LogP contribution in [0.3, 0.4) is 0 Å². The standard InChI is InChI=1S/C7H18B2NO3P/c1-12-4-6-5(3-7(8)13-6)10-14(2,9)11/h5-7H,3-4,8-9H2,1-2H3,(H,10,11)/t5?,6-,7-,14?/m1/s1. The van der Waals surface area contributed by atoms with Gasteiger partial charge in [0.15, 0.2) is 0 Å². The molecule has 1 aliphatic rings. The first-order chi connectivity index (χ1) is 6.42. The van der Waals surface area contributed by atoms with Crippen LogP contribution in [0.5, 0.6) is 0 Å². The minimum Gasteiger partial charge on any atom is -0.382 e. The SMILES string of the molecule is B[C@H]1CC(NP(B)(C)=O)[C@@H](COC)O1. The molecule has 4 nitrogen and oxygen atoms in total. The van der Waals surface area contributed by atoms with Gasteiger partial charge in [0.1, 0.15) is 7.85 Å². The van der Waals surface area contributed by atoms with E-state index in [1.807, 2.05) is 7.85 Å². The summed E-state index contributed by atoms with van der Waals surface area (Å²) in [5, 5.41) is 3.13. The van der Waals surface area contributed by atoms with Gasteiger partial charge in [0, 0.05) is 19.2 Å². The summed E-state index contributed by atoms with van der Waals surface area (Å²) in [6.45, 7) is 2.29. The van der Waals surface area contributed by atoms with Gasteiger partial charge in [-0.2, -0.15) is 0 Å². The van der Waals surface area contributed by atoms with Gasteiger partial charge in [-0.3, -0.25) is 5.09 Å². The molecule has 1 fully saturated rings. The molecule has 0 spiro atoms. The van der Waals surface area contributed by atoms with Crippen LogP contribution in [0.2, 0.25) is 0 Å². The largest absolute Gasteiger partial charge is 0.382 e. The van der Waals surface area contributed by atoms with Crippen LogP contribution in [0.15, 0.2) is 0 Å². The second kappa shape index (κ2) is 4.84. The van der Waals surface area contributed by atoms with Gasteiger partial charge in [0.2, 0.25) is 7.57 Å². The van der Waals surface area contributed by atoms with Crippen LogP contribution in [0.4, 0.5) is 0 Å². The van der Waals surface area contributed by atoms with E-state index in [-0.39, 0.29) is 18.1 Å². The number of nitrogens with one attached hydrogen (secondary N) is 1. The Kier molecular flexibility index (Phi) is 4.26. The van der Waals surface area contributed by atoms with Crippen LogP contribution in [-0.2, 0) is 14.0 Å². The highest BCUT2D eigenvalue weighted by atomic mass is 31.2. The summed E-state index contributed by atoms with van der Waals surface area (Å²) in [6, 6.07) is 0.380. The Labute approximate surface area is 87.3 Å². The van der Waals surface area contributed by atoms with Crippen molar-refractivity contribution in [3.8, 4) is 0 Å². The lowest BCUT2D eigenvalue weighted by atomic mass is 9.95. The number of hydrogen-bond donors (Lipinski definition) is 1. The maximum atomic E-state index is 11.6. The summed E-state index contributed by atoms with van der Waals surface area (Å²) >= 11 is 0. The van der Waals surface area contributed by atoms with Crippen molar-refractivity contribution in [1.29, 1.82) is 0 Å². The number of methoxy groups -OCH3 is 1. The van der Waals surface area contributed by atoms with Crippen molar-refractivity contribution in [3.05, 3.63) is 0 Å². The fourth-order valence-corrected chi connectivity index (χ4v) is 2.88. The third-order valence-electron chi connectivity index (χ3n) is 2.25. The first kappa shape index (κ1) is 12.3. The highest BCUT2D eigenvalue weighted by Crippen LogP contribution is 2.33. The monoisotopic (exact) mass is 217 g/mol. The normalized spacial score (nSPS) is 36.9. The molecule has 0 radical (unpaired) electrons. The van der Waals surface area contributed by atoms with E-state index in [9.17, 15) is 4.57 Å². The highest BCUT2D eigenvalue weighted by molar-refractivity contribution is 7.85. The van der Waals surface area contributed by atoms with E-state index in [2.05, 4.69) is 5.09 Å². The molecule has 0 aliphatic carbocycles. The Balaban J connectivity index is 2.53. The molecule has 7 heteroatoms. The van der Waals surface area contributed by atoms with E-state index in [4.69, 9.17) is 9.47 Å². The average molecular weight is 217 g/mol. The minimum absolute atomic E-state index is 0.0308. The number of rotatable bonds is 4. The van der Waals surface area contributed by atoms with Gasteiger partial charge < -0.3 is 14.0 Å². The molecule has 80 valence electrons. The minimum atomic E-state index is -2.19. The van der Waals surface area contributed by atoms with Crippen molar-refractivity contribution in [2.24, 2.45) is 0 Å². The first-order valence-corrected chi connectivity index (χ1v) is 7.49. The fourth-order valence-electron chi connectivity index (χ4n) is 1.81. The zero-order valence-corrected chi connectivity index (χ0v) is 10.2. The molecule has 0 aromatic heterocycles. The van der Waals surface area contributed by atoms with E-state index in [0.29, 0.717) is 6.61 Å². The van der Waals surface area contributed by atoms with E-state index in [1.54, 1.807) is 21.3 Å². The molecule has 0 aromatic carbocycles. The van der Waals surface area contributed by atoms with Crippen LogP contribution in [0.25, 0.3) is 0 Å². The summed E-state index contributed by atoms with van der Waals surface area (Å²) in [5.74, 6) is 0. The number of ether oxygens (including phenoxy) is 2. The molecular weight excluding hydrogens is 199 g/mol. The van der Waals surface area contributed by atoms with Gasteiger partial charge in [-0.15, -0.1) is 0 Å². The van der Waals surface area contributed by atoms with Crippen molar-refractivity contribution in [1.82, 2.24) is 5.09 Å². The fraction of sp³-hybridized carbons (Fsp3) is 1.00. The van der Waals surface area contributed by atoms with Crippen molar-refractivity contribution < 1.29 is 14.0 Å². The van der Waals surface area contributed by atoms with E-state index < -0.39 is 7.17 Å². The molecule has 14 heavy (non-hydrogen) atoms. The lowest BCUT2D eigenvalue weighted by Gasteiger charge is -2.21. The van der Waals surface area contributed by atoms with Gasteiger partial charge >= 0.3 is 0 Å². The van der Waals surface area contributed by atoms with Crippen LogP contribution < -0.4 is 5.09 Å². The summed E-state index contributed by atoms with van der Waals surface area (Å²) in [5.41, 5.74) is 0. The predicted octanol–water partition coefficient (Wildman–Crippen LogP) is -1.20. The third-order valence-corrected chi connectivity index (χ3v) is 3.20. The second-order valence-electron chi connectivity index (χ2n) is 4.26. The third kappa shape index (κ3) is 3.77. The maximum Gasteiger partial charge on any atom is 0.200 e. The summed E-state index contributed by atoms with van der Waals surface area (Å²) in [7, 11) is 3.23. The first-order valence-electron chi connectivity index (χ1n) is 4.89. The highest BCUT2D eigenvalue weighted by Gasteiger charge is 2.34. The molecule has 1 aliphatic heterocycles. The van der Waals surface area contributed by atoms with Gasteiger partial charge in [-0.1, -0.05) is 0 Å². The van der Waals surface area contributed by atoms with Crippen molar-refractivity contribution >= 4 is 22.6 Å². The topological polar surface area (TPSA) is 47.6 Å². The van der Waals surface area contributed by atoms with E-state index >= 15 is 0 Å². The van der Waals surface area contributed by atoms with E-state index in [1.165, 1.54) is 0 Å². The quantitative estimate of drug-likeness (QED) is 0.474. The van der Waals surface area contributed by atoms with Gasteiger partial charge in [0.25, 0.3) is 0 Å². The molecule has 1 heterocycles. The molecule has 1 saturated heterocycles. The second-order valence-corrected chi connectivity index (χ2v) is 7.22. The molecular formula is C7H18B2NO3P. The molecule has 1 N–H and O–H groups in total. The van der Waals surface area contributed by atoms with Crippen molar-refractivity contribution in [3.63, 3.8) is 0 Å². The summed E-state index contributed by atoms with van der Waals surface area (Å²) < 4.78 is 22.3. The smallest absolute Gasteiger partial charge is 0.200 e. The Morgan fingerprint density at radius 3 is 2.86 bits per heavy atom. The molecule has 2 unspecified atom stereocenters. The maximum absolute atomic E-state index is 11.6. The summed E-state index contributed by atoms with van der Waals surface area (Å²) in [6.07, 6.45) is 0.933. The Hall–Kier alpha value is 0.240. The lowest BCUT2D eigenvalue weighted by molar-refractivity contribution is 0.0184. The van der Waals surface area contributed by atoms with Gasteiger partial charge in [-0.05, 0) is 13.1 Å². The molecule has 1 rings (SSSR count). The van der Waals surface area contributed by atoms with Crippen LogP contribution >= 0.6 is 7.17 Å². The number of hydrogen-bond acceptors (Lipinski definition) is 3. The van der Waals surface area contributed by atoms with E-state index in [0.717, 1.165) is 6.42 Å². The molecule has 0 amide bonds. The van der Waals surface area contributed by atoms with Gasteiger partial charge in [-0.25, -0.2) is 0 Å². The molecule has 0 bridgehead atoms. The van der Waals surface area contributed by atoms with Gasteiger partial charge in [0.05, 0.1) is 19.9 Å². The molecule has 4 atom stereocenters. The Morgan fingerprint density at radius 1 is 1.71 bits per heavy atom. The Morgan fingerprint density at radius 2 is 2.36 bits per heavy atom. The van der Waals surface area contributed by atoms with Crippen LogP contribution in [0, 0.1) is 0 Å². The van der Waals surface area contributed by atoms with Crippen LogP contribution in [0.1, 0.15) is 6.42 Å². The van der Waals surface area contributed by atoms with Crippen molar-refractivity contribution in [2.75, 3.05) is 20.4 Å². The molecule has 0 aromatic rings. The van der Waals surface area contributed by atoms with Crippen molar-refractivity contribution in [2.45, 2.75) is 24.6 Å². The zero-order valence-electron chi connectivity index (χ0n) is 9.32. The predicted molar refractivity (Wildman–Crippen MR) is 62.7 cm³/mol. The van der Waals surface area contributed by atoms with Crippen LogP contribution in [-0.4, -0.2) is 53.9 Å². The average Bonchev–Trinajstić information content (AvgIpc) is 2.28. The Bertz CT molecular complexity index is 235.